The molecule has 0 radical (unpaired) electrons. The van der Waals surface area contributed by atoms with Crippen LogP contribution in [0.15, 0.2) is 30.3 Å². The first-order chi connectivity index (χ1) is 10.0. The maximum atomic E-state index is 11.1. The first-order valence-corrected chi connectivity index (χ1v) is 6.87. The van der Waals surface area contributed by atoms with E-state index < -0.39 is 12.1 Å². The predicted octanol–water partition coefficient (Wildman–Crippen LogP) is 2.12. The van der Waals surface area contributed by atoms with Gasteiger partial charge in [0.05, 0.1) is 11.7 Å². The molecular formula is C15H20N4O2. The molecule has 0 aliphatic rings. The van der Waals surface area contributed by atoms with Crippen molar-refractivity contribution in [2.24, 2.45) is 7.05 Å². The average molecular weight is 288 g/mol. The fraction of sp³-hybridized carbons (Fsp3) is 0.333. The fourth-order valence-electron chi connectivity index (χ4n) is 2.46. The van der Waals surface area contributed by atoms with E-state index in [9.17, 15) is 4.79 Å². The monoisotopic (exact) mass is 288 g/mol. The minimum absolute atomic E-state index is 0.414. The lowest BCUT2D eigenvalue weighted by Crippen LogP contribution is -2.29. The molecule has 4 N–H and O–H groups in total. The zero-order valence-corrected chi connectivity index (χ0v) is 12.2. The van der Waals surface area contributed by atoms with Crippen LogP contribution in [-0.4, -0.2) is 21.0 Å². The number of hydrogen-bond acceptors (Lipinski definition) is 3. The van der Waals surface area contributed by atoms with E-state index in [1.807, 2.05) is 37.3 Å². The van der Waals surface area contributed by atoms with Gasteiger partial charge in [0.15, 0.2) is 0 Å². The number of rotatable bonds is 5. The third kappa shape index (κ3) is 3.34. The minimum Gasteiger partial charge on any atom is -0.465 e. The van der Waals surface area contributed by atoms with E-state index in [1.54, 1.807) is 11.7 Å². The van der Waals surface area contributed by atoms with Crippen molar-refractivity contribution in [3.8, 4) is 0 Å². The largest absolute Gasteiger partial charge is 0.465 e. The molecule has 1 amide bonds. The number of nitrogen functional groups attached to an aromatic ring is 1. The van der Waals surface area contributed by atoms with Crippen LogP contribution in [0.4, 0.5) is 10.6 Å². The zero-order chi connectivity index (χ0) is 15.4. The third-order valence-electron chi connectivity index (χ3n) is 3.49. The summed E-state index contributed by atoms with van der Waals surface area (Å²) >= 11 is 0. The smallest absolute Gasteiger partial charge is 0.405 e. The van der Waals surface area contributed by atoms with Crippen LogP contribution in [0.2, 0.25) is 0 Å². The van der Waals surface area contributed by atoms with E-state index in [2.05, 4.69) is 10.4 Å². The van der Waals surface area contributed by atoms with Gasteiger partial charge >= 0.3 is 6.09 Å². The maximum absolute atomic E-state index is 11.1. The van der Waals surface area contributed by atoms with Gasteiger partial charge in [-0.05, 0) is 18.4 Å². The highest BCUT2D eigenvalue weighted by Gasteiger charge is 2.23. The summed E-state index contributed by atoms with van der Waals surface area (Å²) in [5.41, 5.74) is 8.64. The first-order valence-electron chi connectivity index (χ1n) is 6.87. The van der Waals surface area contributed by atoms with Crippen LogP contribution in [0.5, 0.6) is 0 Å². The van der Waals surface area contributed by atoms with Gasteiger partial charge in [0.1, 0.15) is 5.82 Å². The van der Waals surface area contributed by atoms with Crippen LogP contribution in [0.1, 0.15) is 29.8 Å². The van der Waals surface area contributed by atoms with Gasteiger partial charge in [-0.2, -0.15) is 5.10 Å². The van der Waals surface area contributed by atoms with Crippen molar-refractivity contribution < 1.29 is 9.90 Å². The van der Waals surface area contributed by atoms with Crippen LogP contribution in [0.25, 0.3) is 0 Å². The molecule has 0 bridgehead atoms. The third-order valence-corrected chi connectivity index (χ3v) is 3.49. The van der Waals surface area contributed by atoms with Crippen molar-refractivity contribution in [1.29, 1.82) is 0 Å². The highest BCUT2D eigenvalue weighted by Crippen LogP contribution is 2.25. The molecule has 0 fully saturated rings. The molecule has 0 saturated heterocycles. The normalized spacial score (nSPS) is 12.1. The van der Waals surface area contributed by atoms with E-state index in [0.29, 0.717) is 24.4 Å². The number of nitrogens with two attached hydrogens (primary N) is 1. The van der Waals surface area contributed by atoms with Crippen molar-refractivity contribution in [3.05, 3.63) is 47.2 Å². The SMILES string of the molecule is CCc1c(C(Cc2ccccc2)NC(=O)O)nn(C)c1N. The average Bonchev–Trinajstić information content (AvgIpc) is 2.74. The molecule has 0 aliphatic heterocycles. The molecule has 6 nitrogen and oxygen atoms in total. The lowest BCUT2D eigenvalue weighted by molar-refractivity contribution is 0.189. The topological polar surface area (TPSA) is 93.2 Å². The molecule has 112 valence electrons. The number of nitrogens with one attached hydrogen (secondary N) is 1. The molecule has 0 saturated carbocycles. The Hall–Kier alpha value is -2.50. The second-order valence-electron chi connectivity index (χ2n) is 4.92. The molecule has 0 aliphatic carbocycles. The Morgan fingerprint density at radius 1 is 1.43 bits per heavy atom. The Kier molecular flexibility index (Phi) is 4.47. The van der Waals surface area contributed by atoms with Gasteiger partial charge in [0.25, 0.3) is 0 Å². The molecule has 1 aromatic heterocycles. The quantitative estimate of drug-likeness (QED) is 0.785. The van der Waals surface area contributed by atoms with Crippen molar-refractivity contribution in [3.63, 3.8) is 0 Å². The number of aryl methyl sites for hydroxylation is 1. The van der Waals surface area contributed by atoms with Crippen LogP contribution in [-0.2, 0) is 19.9 Å². The van der Waals surface area contributed by atoms with Gasteiger partial charge in [0.2, 0.25) is 0 Å². The Bertz CT molecular complexity index is 622. The number of aromatic nitrogens is 2. The van der Waals surface area contributed by atoms with Crippen molar-refractivity contribution in [2.75, 3.05) is 5.73 Å². The second kappa shape index (κ2) is 6.30. The summed E-state index contributed by atoms with van der Waals surface area (Å²) in [6.45, 7) is 1.98. The Balaban J connectivity index is 2.36. The number of benzene rings is 1. The number of anilines is 1. The van der Waals surface area contributed by atoms with Crippen molar-refractivity contribution in [2.45, 2.75) is 25.8 Å². The molecule has 6 heteroatoms. The Labute approximate surface area is 123 Å². The molecule has 1 unspecified atom stereocenters. The summed E-state index contributed by atoms with van der Waals surface area (Å²) < 4.78 is 1.59. The molecule has 1 atom stereocenters. The van der Waals surface area contributed by atoms with Gasteiger partial charge in [-0.3, -0.25) is 4.68 Å². The van der Waals surface area contributed by atoms with E-state index in [4.69, 9.17) is 10.8 Å². The molecule has 2 rings (SSSR count). The van der Waals surface area contributed by atoms with E-state index >= 15 is 0 Å². The molecular weight excluding hydrogens is 268 g/mol. The van der Waals surface area contributed by atoms with Gasteiger partial charge < -0.3 is 16.2 Å². The summed E-state index contributed by atoms with van der Waals surface area (Å²) in [6.07, 6.45) is 0.181. The fourth-order valence-corrected chi connectivity index (χ4v) is 2.46. The molecule has 2 aromatic rings. The van der Waals surface area contributed by atoms with E-state index in [0.717, 1.165) is 11.1 Å². The lowest BCUT2D eigenvalue weighted by Gasteiger charge is -2.16. The number of carboxylic acid groups (broad SMARTS) is 1. The summed E-state index contributed by atoms with van der Waals surface area (Å²) in [5, 5.41) is 16.0. The standard InChI is InChI=1S/C15H20N4O2/c1-3-11-13(18-19(2)14(11)16)12(17-15(20)21)9-10-7-5-4-6-8-10/h4-8,12,17H,3,9,16H2,1-2H3,(H,20,21). The summed E-state index contributed by atoms with van der Waals surface area (Å²) in [5.74, 6) is 0.581. The van der Waals surface area contributed by atoms with Crippen LogP contribution >= 0.6 is 0 Å². The molecule has 21 heavy (non-hydrogen) atoms. The highest BCUT2D eigenvalue weighted by atomic mass is 16.4. The number of nitrogens with zero attached hydrogens (tertiary/aromatic N) is 2. The molecule has 1 heterocycles. The summed E-state index contributed by atoms with van der Waals surface area (Å²) in [4.78, 5) is 11.1. The zero-order valence-electron chi connectivity index (χ0n) is 12.2. The lowest BCUT2D eigenvalue weighted by atomic mass is 9.99. The van der Waals surface area contributed by atoms with Crippen LogP contribution < -0.4 is 11.1 Å². The number of carbonyl (C=O) groups is 1. The van der Waals surface area contributed by atoms with E-state index in [1.165, 1.54) is 0 Å². The van der Waals surface area contributed by atoms with Crippen molar-refractivity contribution >= 4 is 11.9 Å². The number of amides is 1. The van der Waals surface area contributed by atoms with Gasteiger partial charge in [-0.1, -0.05) is 37.3 Å². The highest BCUT2D eigenvalue weighted by molar-refractivity contribution is 5.65. The number of hydrogen-bond donors (Lipinski definition) is 3. The van der Waals surface area contributed by atoms with Gasteiger partial charge in [-0.15, -0.1) is 0 Å². The van der Waals surface area contributed by atoms with Crippen LogP contribution in [0.3, 0.4) is 0 Å². The minimum atomic E-state index is -1.07. The predicted molar refractivity (Wildman–Crippen MR) is 81.0 cm³/mol. The van der Waals surface area contributed by atoms with Crippen LogP contribution in [0, 0.1) is 0 Å². The Morgan fingerprint density at radius 3 is 2.67 bits per heavy atom. The first kappa shape index (κ1) is 14.9. The maximum Gasteiger partial charge on any atom is 0.405 e. The van der Waals surface area contributed by atoms with Crippen molar-refractivity contribution in [1.82, 2.24) is 15.1 Å². The summed E-state index contributed by atoms with van der Waals surface area (Å²) in [6, 6.07) is 9.31. The summed E-state index contributed by atoms with van der Waals surface area (Å²) in [7, 11) is 1.76. The Morgan fingerprint density at radius 2 is 2.10 bits per heavy atom. The van der Waals surface area contributed by atoms with Gasteiger partial charge in [0, 0.05) is 12.6 Å². The second-order valence-corrected chi connectivity index (χ2v) is 4.92. The van der Waals surface area contributed by atoms with Gasteiger partial charge in [-0.25, -0.2) is 4.79 Å². The van der Waals surface area contributed by atoms with E-state index in [-0.39, 0.29) is 0 Å². The molecule has 1 aromatic carbocycles. The molecule has 0 spiro atoms.